The van der Waals surface area contributed by atoms with Crippen LogP contribution in [-0.2, 0) is 9.63 Å². The minimum Gasteiger partial charge on any atom is -0.634 e. The molecule has 0 radical (unpaired) electrons. The quantitative estimate of drug-likeness (QED) is 0.420. The number of nitrogens with zero attached hydrogens (tertiary/aromatic N) is 1. The summed E-state index contributed by atoms with van der Waals surface area (Å²) in [5, 5.41) is 26.0. The second kappa shape index (κ2) is 4.64. The molecule has 2 rings (SSSR count). The van der Waals surface area contributed by atoms with E-state index in [-0.39, 0.29) is 37.3 Å². The van der Waals surface area contributed by atoms with Crippen molar-refractivity contribution < 1.29 is 19.5 Å². The smallest absolute Gasteiger partial charge is 0.383 e. The molecule has 2 N–H and O–H groups in total. The normalized spacial score (nSPS) is 39.6. The fraction of sp³-hybridized carbons (Fsp3) is 0.889. The maximum absolute atomic E-state index is 11.9. The molecular formula is C9H17N3O4. The van der Waals surface area contributed by atoms with E-state index in [9.17, 15) is 15.2 Å². The van der Waals surface area contributed by atoms with Gasteiger partial charge in [-0.2, -0.15) is 4.81 Å². The molecule has 7 heteroatoms. The highest BCUT2D eigenvalue weighted by Gasteiger charge is 2.34. The first kappa shape index (κ1) is 11.7. The third kappa shape index (κ3) is 2.69. The van der Waals surface area contributed by atoms with Gasteiger partial charge in [0.05, 0.1) is 0 Å². The number of quaternary nitrogens is 2. The molecule has 0 aliphatic carbocycles. The molecule has 0 aromatic rings. The molecule has 0 aromatic carbocycles. The Morgan fingerprint density at radius 1 is 1.44 bits per heavy atom. The summed E-state index contributed by atoms with van der Waals surface area (Å²) < 4.78 is 0. The monoisotopic (exact) mass is 231 g/mol. The van der Waals surface area contributed by atoms with Crippen LogP contribution in [0.2, 0.25) is 0 Å². The van der Waals surface area contributed by atoms with Crippen LogP contribution in [0, 0.1) is 10.4 Å². The average Bonchev–Trinajstić information content (AvgIpc) is 2.76. The summed E-state index contributed by atoms with van der Waals surface area (Å²) in [4.78, 5) is 15.6. The van der Waals surface area contributed by atoms with Crippen LogP contribution in [0.1, 0.15) is 12.8 Å². The molecule has 16 heavy (non-hydrogen) atoms. The van der Waals surface area contributed by atoms with Gasteiger partial charge in [-0.05, 0) is 19.4 Å². The van der Waals surface area contributed by atoms with Gasteiger partial charge in [0.1, 0.15) is 19.1 Å². The van der Waals surface area contributed by atoms with Crippen molar-refractivity contribution in [3.05, 3.63) is 10.4 Å². The van der Waals surface area contributed by atoms with Gasteiger partial charge in [-0.3, -0.25) is 4.84 Å². The van der Waals surface area contributed by atoms with Crippen LogP contribution < -0.4 is 10.4 Å². The van der Waals surface area contributed by atoms with Crippen LogP contribution >= 0.6 is 0 Å². The Morgan fingerprint density at radius 2 is 2.12 bits per heavy atom. The molecule has 2 fully saturated rings. The van der Waals surface area contributed by atoms with E-state index in [1.165, 1.54) is 0 Å². The van der Waals surface area contributed by atoms with E-state index >= 15 is 0 Å². The van der Waals surface area contributed by atoms with Gasteiger partial charge >= 0.3 is 5.97 Å². The number of nitrogens with one attached hydrogen (secondary N) is 2. The van der Waals surface area contributed by atoms with Crippen LogP contribution in [0.3, 0.4) is 0 Å². The predicted molar refractivity (Wildman–Crippen MR) is 54.5 cm³/mol. The van der Waals surface area contributed by atoms with Crippen molar-refractivity contribution in [3.63, 3.8) is 0 Å². The van der Waals surface area contributed by atoms with Crippen molar-refractivity contribution in [2.75, 3.05) is 32.7 Å². The Bertz CT molecular complexity index is 259. The van der Waals surface area contributed by atoms with E-state index in [2.05, 4.69) is 5.32 Å². The van der Waals surface area contributed by atoms with E-state index in [0.717, 1.165) is 19.4 Å². The third-order valence-corrected chi connectivity index (χ3v) is 3.06. The Hall–Kier alpha value is -0.730. The van der Waals surface area contributed by atoms with Crippen molar-refractivity contribution in [3.8, 4) is 0 Å². The molecule has 7 nitrogen and oxygen atoms in total. The third-order valence-electron chi connectivity index (χ3n) is 3.06. The Labute approximate surface area is 93.7 Å². The molecule has 1 atom stereocenters. The molecule has 92 valence electrons. The van der Waals surface area contributed by atoms with E-state index in [0.29, 0.717) is 0 Å². The number of hydrogen-bond donors (Lipinski definition) is 2. The van der Waals surface area contributed by atoms with Gasteiger partial charge in [0, 0.05) is 0 Å². The molecule has 0 unspecified atom stereocenters. The van der Waals surface area contributed by atoms with Crippen LogP contribution in [0.5, 0.6) is 0 Å². The van der Waals surface area contributed by atoms with Crippen LogP contribution in [0.15, 0.2) is 0 Å². The highest BCUT2D eigenvalue weighted by atomic mass is 16.9. The van der Waals surface area contributed by atoms with Gasteiger partial charge in [-0.1, -0.05) is 0 Å². The number of piperazine rings is 1. The maximum atomic E-state index is 11.9. The van der Waals surface area contributed by atoms with E-state index in [1.54, 1.807) is 0 Å². The highest BCUT2D eigenvalue weighted by molar-refractivity contribution is 5.75. The van der Waals surface area contributed by atoms with Gasteiger partial charge in [0.2, 0.25) is 0 Å². The first-order valence-corrected chi connectivity index (χ1v) is 5.66. The minimum atomic E-state index is -0.997. The first-order chi connectivity index (χ1) is 7.59. The Kier molecular flexibility index (Phi) is 3.41. The van der Waals surface area contributed by atoms with Crippen molar-refractivity contribution in [2.45, 2.75) is 18.9 Å². The van der Waals surface area contributed by atoms with Crippen LogP contribution in [0.4, 0.5) is 0 Å². The van der Waals surface area contributed by atoms with Crippen molar-refractivity contribution in [1.29, 1.82) is 0 Å². The summed E-state index contributed by atoms with van der Waals surface area (Å²) in [6, 6.07) is -0.346. The predicted octanol–water partition coefficient (Wildman–Crippen LogP) is -2.09. The lowest BCUT2D eigenvalue weighted by atomic mass is 10.2. The minimum absolute atomic E-state index is 0.0529. The SMILES string of the molecule is O=C(O[N+]1([O-])CC[NH+]([O-])CC1)[C@@H]1CCCN1. The molecule has 0 aromatic heterocycles. The molecule has 0 saturated carbocycles. The summed E-state index contributed by atoms with van der Waals surface area (Å²) >= 11 is 0. The van der Waals surface area contributed by atoms with Gasteiger partial charge < -0.3 is 20.8 Å². The summed E-state index contributed by atoms with van der Waals surface area (Å²) in [6.07, 6.45) is 1.65. The van der Waals surface area contributed by atoms with Crippen LogP contribution in [-0.4, -0.2) is 49.5 Å². The average molecular weight is 231 g/mol. The van der Waals surface area contributed by atoms with E-state index in [4.69, 9.17) is 4.84 Å². The lowest BCUT2D eigenvalue weighted by Gasteiger charge is -2.43. The Balaban J connectivity index is 1.85. The fourth-order valence-corrected chi connectivity index (χ4v) is 2.03. The zero-order valence-electron chi connectivity index (χ0n) is 9.11. The fourth-order valence-electron chi connectivity index (χ4n) is 2.03. The molecule has 0 spiro atoms. The lowest BCUT2D eigenvalue weighted by molar-refractivity contribution is -1.09. The van der Waals surface area contributed by atoms with Crippen molar-refractivity contribution in [1.82, 2.24) is 5.32 Å². The molecule has 2 heterocycles. The molecular weight excluding hydrogens is 214 g/mol. The van der Waals surface area contributed by atoms with Gasteiger partial charge in [-0.25, -0.2) is 4.79 Å². The molecule has 2 aliphatic heterocycles. The molecule has 2 saturated heterocycles. The van der Waals surface area contributed by atoms with Crippen molar-refractivity contribution >= 4 is 5.97 Å². The summed E-state index contributed by atoms with van der Waals surface area (Å²) in [7, 11) is 0. The van der Waals surface area contributed by atoms with Gasteiger partial charge in [0.25, 0.3) is 0 Å². The van der Waals surface area contributed by atoms with E-state index < -0.39 is 10.8 Å². The van der Waals surface area contributed by atoms with Gasteiger partial charge in [-0.15, -0.1) is 0 Å². The second-order valence-corrected chi connectivity index (χ2v) is 4.36. The number of carbonyl (C=O) groups is 1. The second-order valence-electron chi connectivity index (χ2n) is 4.36. The van der Waals surface area contributed by atoms with E-state index in [1.807, 2.05) is 0 Å². The molecule has 2 aliphatic rings. The van der Waals surface area contributed by atoms with Gasteiger partial charge in [0.15, 0.2) is 13.1 Å². The zero-order chi connectivity index (χ0) is 11.6. The number of hydroxylamine groups is 6. The largest absolute Gasteiger partial charge is 0.634 e. The topological polar surface area (TPSA) is 88.9 Å². The molecule has 0 amide bonds. The summed E-state index contributed by atoms with van der Waals surface area (Å²) in [5.41, 5.74) is 0. The van der Waals surface area contributed by atoms with Crippen LogP contribution in [0.25, 0.3) is 0 Å². The number of carbonyl (C=O) groups excluding carboxylic acids is 1. The maximum Gasteiger partial charge on any atom is 0.383 e. The first-order valence-electron chi connectivity index (χ1n) is 5.66. The standard InChI is InChI=1S/C9H17N3O4/c13-9(8-2-1-3-10-8)16-12(15)6-4-11(14)5-7-12/h8,10-11H,1-7H2/t8-/m0/s1. The summed E-state index contributed by atoms with van der Waals surface area (Å²) in [6.45, 7) is 1.30. The number of rotatable bonds is 2. The lowest BCUT2D eigenvalue weighted by Crippen LogP contribution is -3.11. The highest BCUT2D eigenvalue weighted by Crippen LogP contribution is 2.12. The number of hydrogen-bond acceptors (Lipinski definition) is 5. The summed E-state index contributed by atoms with van der Waals surface area (Å²) in [5.74, 6) is -0.484. The Morgan fingerprint density at radius 3 is 2.69 bits per heavy atom. The zero-order valence-corrected chi connectivity index (χ0v) is 9.11. The van der Waals surface area contributed by atoms with Crippen molar-refractivity contribution in [2.24, 2.45) is 0 Å². The molecule has 0 bridgehead atoms.